The third kappa shape index (κ3) is 4.32. The maximum absolute atomic E-state index is 11.7. The summed E-state index contributed by atoms with van der Waals surface area (Å²) in [4.78, 5) is 16.5. The number of ether oxygens (including phenoxy) is 1. The summed E-state index contributed by atoms with van der Waals surface area (Å²) in [5, 5.41) is 1.39. The smallest absolute Gasteiger partial charge is 0.192 e. The van der Waals surface area contributed by atoms with Crippen LogP contribution in [0.2, 0.25) is 5.02 Å². The molecular weight excluding hydrogens is 376 g/mol. The molecule has 146 valence electrons. The van der Waals surface area contributed by atoms with Gasteiger partial charge in [-0.25, -0.2) is 0 Å². The van der Waals surface area contributed by atoms with Gasteiger partial charge in [-0.05, 0) is 30.7 Å². The number of benzene rings is 2. The fourth-order valence-corrected chi connectivity index (χ4v) is 3.81. The van der Waals surface area contributed by atoms with Crippen molar-refractivity contribution in [2.75, 3.05) is 44.2 Å². The first-order valence-electron chi connectivity index (χ1n) is 9.57. The Hall–Kier alpha value is -2.50. The van der Waals surface area contributed by atoms with E-state index < -0.39 is 0 Å². The van der Waals surface area contributed by atoms with Crippen molar-refractivity contribution in [1.82, 2.24) is 4.90 Å². The Labute approximate surface area is 169 Å². The van der Waals surface area contributed by atoms with E-state index in [9.17, 15) is 4.79 Å². The minimum atomic E-state index is -0.0382. The number of hydrogen-bond acceptors (Lipinski definition) is 5. The van der Waals surface area contributed by atoms with Gasteiger partial charge in [0, 0.05) is 44.9 Å². The lowest BCUT2D eigenvalue weighted by molar-refractivity contribution is 0.225. The molecule has 3 aromatic rings. The van der Waals surface area contributed by atoms with Crippen LogP contribution < -0.4 is 15.1 Å². The molecule has 6 heteroatoms. The van der Waals surface area contributed by atoms with Gasteiger partial charge in [-0.2, -0.15) is 0 Å². The number of hydrogen-bond donors (Lipinski definition) is 0. The molecule has 28 heavy (non-hydrogen) atoms. The molecule has 0 aliphatic carbocycles. The Morgan fingerprint density at radius 2 is 1.86 bits per heavy atom. The van der Waals surface area contributed by atoms with Crippen molar-refractivity contribution in [1.29, 1.82) is 0 Å². The molecule has 1 aromatic heterocycles. The van der Waals surface area contributed by atoms with Gasteiger partial charge in [0.25, 0.3) is 0 Å². The number of piperazine rings is 1. The highest BCUT2D eigenvalue weighted by Gasteiger charge is 2.18. The van der Waals surface area contributed by atoms with E-state index in [0.29, 0.717) is 17.6 Å². The van der Waals surface area contributed by atoms with Crippen LogP contribution >= 0.6 is 11.6 Å². The molecule has 1 fully saturated rings. The zero-order valence-corrected chi connectivity index (χ0v) is 16.4. The minimum Gasteiger partial charge on any atom is -0.493 e. The predicted octanol–water partition coefficient (Wildman–Crippen LogP) is 4.04. The number of para-hydroxylation sites is 1. The number of halogens is 1. The van der Waals surface area contributed by atoms with Crippen molar-refractivity contribution in [2.24, 2.45) is 0 Å². The molecule has 1 aliphatic rings. The van der Waals surface area contributed by atoms with Gasteiger partial charge in [-0.1, -0.05) is 23.7 Å². The molecule has 5 nitrogen and oxygen atoms in total. The van der Waals surface area contributed by atoms with Crippen LogP contribution in [0.5, 0.6) is 5.75 Å². The summed E-state index contributed by atoms with van der Waals surface area (Å²) in [5.41, 5.74) is 1.64. The Bertz CT molecular complexity index is 996. The van der Waals surface area contributed by atoms with Crippen LogP contribution in [0.15, 0.2) is 64.0 Å². The number of rotatable bonds is 6. The topological polar surface area (TPSA) is 45.9 Å². The highest BCUT2D eigenvalue weighted by molar-refractivity contribution is 6.33. The highest BCUT2D eigenvalue weighted by atomic mass is 35.5. The van der Waals surface area contributed by atoms with Gasteiger partial charge in [0.15, 0.2) is 5.43 Å². The van der Waals surface area contributed by atoms with E-state index in [1.807, 2.05) is 24.3 Å². The van der Waals surface area contributed by atoms with Crippen molar-refractivity contribution in [2.45, 2.75) is 6.42 Å². The first-order chi connectivity index (χ1) is 13.7. The summed E-state index contributed by atoms with van der Waals surface area (Å²) in [7, 11) is 0. The van der Waals surface area contributed by atoms with Gasteiger partial charge in [0.05, 0.1) is 29.0 Å². The molecule has 0 spiro atoms. The molecule has 0 amide bonds. The molecule has 0 bridgehead atoms. The molecule has 1 saturated heterocycles. The van der Waals surface area contributed by atoms with Crippen LogP contribution in [0.1, 0.15) is 6.42 Å². The van der Waals surface area contributed by atoms with Crippen molar-refractivity contribution in [3.63, 3.8) is 0 Å². The van der Waals surface area contributed by atoms with E-state index >= 15 is 0 Å². The lowest BCUT2D eigenvalue weighted by atomic mass is 10.2. The minimum absolute atomic E-state index is 0.0382. The maximum Gasteiger partial charge on any atom is 0.192 e. The molecule has 0 saturated carbocycles. The van der Waals surface area contributed by atoms with E-state index in [-0.39, 0.29) is 5.43 Å². The van der Waals surface area contributed by atoms with Gasteiger partial charge in [-0.15, -0.1) is 0 Å². The lowest BCUT2D eigenvalue weighted by Crippen LogP contribution is -2.46. The predicted molar refractivity (Wildman–Crippen MR) is 113 cm³/mol. The van der Waals surface area contributed by atoms with Crippen molar-refractivity contribution >= 4 is 28.3 Å². The SMILES string of the molecule is O=c1ccoc2cc(OCCCN3CCN(c4ccccc4Cl)CC3)ccc12. The van der Waals surface area contributed by atoms with Gasteiger partial charge in [0.1, 0.15) is 11.3 Å². The molecule has 4 rings (SSSR count). The van der Waals surface area contributed by atoms with E-state index in [1.54, 1.807) is 12.1 Å². The lowest BCUT2D eigenvalue weighted by Gasteiger charge is -2.36. The van der Waals surface area contributed by atoms with Crippen LogP contribution in [0.25, 0.3) is 11.0 Å². The second kappa shape index (κ2) is 8.67. The fraction of sp³-hybridized carbons (Fsp3) is 0.318. The molecule has 2 aromatic carbocycles. The average molecular weight is 399 g/mol. The largest absolute Gasteiger partial charge is 0.493 e. The standard InChI is InChI=1S/C22H23ClN2O3/c23-19-4-1-2-5-20(19)25-12-10-24(11-13-25)9-3-14-27-17-6-7-18-21(26)8-15-28-22(18)16-17/h1-2,4-8,15-16H,3,9-14H2. The maximum atomic E-state index is 11.7. The molecule has 0 N–H and O–H groups in total. The van der Waals surface area contributed by atoms with Crippen LogP contribution in [0.3, 0.4) is 0 Å². The first-order valence-corrected chi connectivity index (χ1v) is 9.95. The normalized spacial score (nSPS) is 15.1. The van der Waals surface area contributed by atoms with Crippen molar-refractivity contribution < 1.29 is 9.15 Å². The molecule has 1 aliphatic heterocycles. The van der Waals surface area contributed by atoms with E-state index in [2.05, 4.69) is 15.9 Å². The molecule has 0 atom stereocenters. The van der Waals surface area contributed by atoms with Crippen molar-refractivity contribution in [3.05, 3.63) is 70.0 Å². The van der Waals surface area contributed by atoms with E-state index in [4.69, 9.17) is 20.8 Å². The second-order valence-corrected chi connectivity index (χ2v) is 7.33. The quantitative estimate of drug-likeness (QED) is 0.586. The summed E-state index contributed by atoms with van der Waals surface area (Å²) < 4.78 is 11.2. The van der Waals surface area contributed by atoms with Gasteiger partial charge < -0.3 is 14.1 Å². The fourth-order valence-electron chi connectivity index (χ4n) is 3.55. The number of fused-ring (bicyclic) bond motifs is 1. The van der Waals surface area contributed by atoms with Crippen LogP contribution in [-0.4, -0.2) is 44.2 Å². The molecule has 0 unspecified atom stereocenters. The summed E-state index contributed by atoms with van der Waals surface area (Å²) in [6, 6.07) is 14.8. The highest BCUT2D eigenvalue weighted by Crippen LogP contribution is 2.26. The monoisotopic (exact) mass is 398 g/mol. The van der Waals surface area contributed by atoms with Gasteiger partial charge in [-0.3, -0.25) is 9.69 Å². The average Bonchev–Trinajstić information content (AvgIpc) is 2.72. The van der Waals surface area contributed by atoms with Crippen LogP contribution in [0, 0.1) is 0 Å². The third-order valence-electron chi connectivity index (χ3n) is 5.09. The Balaban J connectivity index is 1.22. The van der Waals surface area contributed by atoms with E-state index in [1.165, 1.54) is 12.3 Å². The zero-order chi connectivity index (χ0) is 19.3. The third-order valence-corrected chi connectivity index (χ3v) is 5.41. The summed E-state index contributed by atoms with van der Waals surface area (Å²) in [5.74, 6) is 0.727. The molecule has 0 radical (unpaired) electrons. The van der Waals surface area contributed by atoms with Crippen LogP contribution in [0.4, 0.5) is 5.69 Å². The molecular formula is C22H23ClN2O3. The summed E-state index contributed by atoms with van der Waals surface area (Å²) in [6.07, 6.45) is 2.36. The van der Waals surface area contributed by atoms with E-state index in [0.717, 1.165) is 55.6 Å². The number of anilines is 1. The number of nitrogens with zero attached hydrogens (tertiary/aromatic N) is 2. The van der Waals surface area contributed by atoms with Crippen molar-refractivity contribution in [3.8, 4) is 5.75 Å². The Kier molecular flexibility index (Phi) is 5.84. The Morgan fingerprint density at radius 1 is 1.04 bits per heavy atom. The zero-order valence-electron chi connectivity index (χ0n) is 15.6. The van der Waals surface area contributed by atoms with Gasteiger partial charge in [0.2, 0.25) is 0 Å². The second-order valence-electron chi connectivity index (χ2n) is 6.92. The first kappa shape index (κ1) is 18.8. The molecule has 2 heterocycles. The summed E-state index contributed by atoms with van der Waals surface area (Å²) >= 11 is 6.30. The summed E-state index contributed by atoms with van der Waals surface area (Å²) in [6.45, 7) is 5.63. The Morgan fingerprint density at radius 3 is 2.68 bits per heavy atom. The van der Waals surface area contributed by atoms with Crippen LogP contribution in [-0.2, 0) is 0 Å². The van der Waals surface area contributed by atoms with Gasteiger partial charge >= 0.3 is 0 Å².